The van der Waals surface area contributed by atoms with E-state index in [-0.39, 0.29) is 0 Å². The Morgan fingerprint density at radius 1 is 1.24 bits per heavy atom. The summed E-state index contributed by atoms with van der Waals surface area (Å²) in [5.74, 6) is 0.896. The molecule has 0 saturated carbocycles. The fourth-order valence-electron chi connectivity index (χ4n) is 1.47. The molecule has 2 aromatic rings. The first kappa shape index (κ1) is 12.3. The molecular weight excluding hydrogens is 254 g/mol. The van der Waals surface area contributed by atoms with Gasteiger partial charge in [-0.2, -0.15) is 0 Å². The molecule has 0 aliphatic heterocycles. The number of hydrogen-bond donors (Lipinski definition) is 1. The van der Waals surface area contributed by atoms with Gasteiger partial charge >= 0.3 is 0 Å². The van der Waals surface area contributed by atoms with E-state index in [1.165, 1.54) is 0 Å². The molecule has 2 nitrogen and oxygen atoms in total. The average Bonchev–Trinajstić information content (AvgIpc) is 2.75. The van der Waals surface area contributed by atoms with Crippen LogP contribution in [0, 0.1) is 0 Å². The van der Waals surface area contributed by atoms with Crippen LogP contribution in [-0.4, -0.2) is 6.61 Å². The van der Waals surface area contributed by atoms with Crippen LogP contribution in [0.5, 0.6) is 5.75 Å². The third-order valence-corrected chi connectivity index (χ3v) is 3.70. The van der Waals surface area contributed by atoms with E-state index in [9.17, 15) is 0 Å². The van der Waals surface area contributed by atoms with Crippen molar-refractivity contribution in [2.45, 2.75) is 13.5 Å². The Labute approximate surface area is 110 Å². The third kappa shape index (κ3) is 3.38. The number of rotatable bonds is 5. The van der Waals surface area contributed by atoms with Crippen molar-refractivity contribution >= 4 is 28.6 Å². The van der Waals surface area contributed by atoms with E-state index in [1.54, 1.807) is 11.3 Å². The molecular formula is C13H14ClNOS. The zero-order valence-electron chi connectivity index (χ0n) is 9.57. The molecule has 1 N–H and O–H groups in total. The van der Waals surface area contributed by atoms with Gasteiger partial charge in [-0.1, -0.05) is 11.6 Å². The number of nitrogens with one attached hydrogen (secondary N) is 1. The molecule has 0 atom stereocenters. The van der Waals surface area contributed by atoms with Crippen molar-refractivity contribution in [3.63, 3.8) is 0 Å². The first-order valence-corrected chi connectivity index (χ1v) is 6.74. The fourth-order valence-corrected chi connectivity index (χ4v) is 2.51. The standard InChI is InChI=1S/C13H14ClNOS/c1-2-16-11-5-3-10(4-6-11)15-9-13-12(14)7-8-17-13/h3-8,15H,2,9H2,1H3. The van der Waals surface area contributed by atoms with Crippen LogP contribution in [0.1, 0.15) is 11.8 Å². The summed E-state index contributed by atoms with van der Waals surface area (Å²) in [6.45, 7) is 3.42. The van der Waals surface area contributed by atoms with Gasteiger partial charge in [0, 0.05) is 10.6 Å². The molecule has 1 aromatic carbocycles. The maximum atomic E-state index is 6.02. The second kappa shape index (κ2) is 5.94. The van der Waals surface area contributed by atoms with Gasteiger partial charge in [0.2, 0.25) is 0 Å². The van der Waals surface area contributed by atoms with Gasteiger partial charge in [0.1, 0.15) is 5.75 Å². The monoisotopic (exact) mass is 267 g/mol. The number of halogens is 1. The molecule has 0 unspecified atom stereocenters. The molecule has 90 valence electrons. The van der Waals surface area contributed by atoms with Crippen LogP contribution in [0.3, 0.4) is 0 Å². The molecule has 0 saturated heterocycles. The smallest absolute Gasteiger partial charge is 0.119 e. The van der Waals surface area contributed by atoms with Crippen molar-refractivity contribution in [1.29, 1.82) is 0 Å². The number of benzene rings is 1. The lowest BCUT2D eigenvalue weighted by atomic mass is 10.3. The number of anilines is 1. The Bertz CT molecular complexity index is 467. The Morgan fingerprint density at radius 3 is 2.59 bits per heavy atom. The summed E-state index contributed by atoms with van der Waals surface area (Å²) in [5.41, 5.74) is 1.07. The second-order valence-corrected chi connectivity index (χ2v) is 4.91. The van der Waals surface area contributed by atoms with Crippen molar-refractivity contribution in [2.75, 3.05) is 11.9 Å². The molecule has 0 spiro atoms. The van der Waals surface area contributed by atoms with Gasteiger partial charge in [0.05, 0.1) is 18.2 Å². The van der Waals surface area contributed by atoms with E-state index in [0.717, 1.165) is 27.9 Å². The van der Waals surface area contributed by atoms with Crippen LogP contribution in [0.25, 0.3) is 0 Å². The highest BCUT2D eigenvalue weighted by molar-refractivity contribution is 7.10. The molecule has 0 aliphatic carbocycles. The van der Waals surface area contributed by atoms with Gasteiger partial charge in [-0.05, 0) is 42.6 Å². The molecule has 1 aromatic heterocycles. The van der Waals surface area contributed by atoms with E-state index >= 15 is 0 Å². The molecule has 0 bridgehead atoms. The average molecular weight is 268 g/mol. The van der Waals surface area contributed by atoms with Crippen molar-refractivity contribution in [1.82, 2.24) is 0 Å². The molecule has 2 rings (SSSR count). The first-order valence-electron chi connectivity index (χ1n) is 5.48. The minimum atomic E-state index is 0.692. The van der Waals surface area contributed by atoms with Gasteiger partial charge in [0.15, 0.2) is 0 Å². The van der Waals surface area contributed by atoms with Crippen LogP contribution in [-0.2, 0) is 6.54 Å². The van der Waals surface area contributed by atoms with Gasteiger partial charge < -0.3 is 10.1 Å². The molecule has 0 radical (unpaired) electrons. The fraction of sp³-hybridized carbons (Fsp3) is 0.231. The van der Waals surface area contributed by atoms with E-state index in [2.05, 4.69) is 5.32 Å². The topological polar surface area (TPSA) is 21.3 Å². The highest BCUT2D eigenvalue weighted by atomic mass is 35.5. The summed E-state index contributed by atoms with van der Waals surface area (Å²) in [7, 11) is 0. The van der Waals surface area contributed by atoms with Crippen LogP contribution in [0.2, 0.25) is 5.02 Å². The maximum Gasteiger partial charge on any atom is 0.119 e. The van der Waals surface area contributed by atoms with Crippen LogP contribution >= 0.6 is 22.9 Å². The van der Waals surface area contributed by atoms with Crippen LogP contribution in [0.15, 0.2) is 35.7 Å². The summed E-state index contributed by atoms with van der Waals surface area (Å²) in [4.78, 5) is 1.15. The minimum absolute atomic E-state index is 0.692. The second-order valence-electron chi connectivity index (χ2n) is 3.50. The number of ether oxygens (including phenoxy) is 1. The highest BCUT2D eigenvalue weighted by Gasteiger charge is 2.01. The normalized spacial score (nSPS) is 10.2. The van der Waals surface area contributed by atoms with Gasteiger partial charge in [-0.25, -0.2) is 0 Å². The zero-order chi connectivity index (χ0) is 12.1. The van der Waals surface area contributed by atoms with Crippen molar-refractivity contribution < 1.29 is 4.74 Å². The summed E-state index contributed by atoms with van der Waals surface area (Å²) in [5, 5.41) is 6.15. The number of thiophene rings is 1. The van der Waals surface area contributed by atoms with E-state index in [4.69, 9.17) is 16.3 Å². The quantitative estimate of drug-likeness (QED) is 0.866. The molecule has 0 aliphatic rings. The Hall–Kier alpha value is -1.19. The maximum absolute atomic E-state index is 6.02. The SMILES string of the molecule is CCOc1ccc(NCc2sccc2Cl)cc1. The number of hydrogen-bond acceptors (Lipinski definition) is 3. The summed E-state index contributed by atoms with van der Waals surface area (Å²) >= 11 is 7.68. The van der Waals surface area contributed by atoms with Crippen molar-refractivity contribution in [2.24, 2.45) is 0 Å². The van der Waals surface area contributed by atoms with E-state index in [1.807, 2.05) is 42.6 Å². The van der Waals surface area contributed by atoms with E-state index in [0.29, 0.717) is 6.61 Å². The Kier molecular flexibility index (Phi) is 4.29. The first-order chi connectivity index (χ1) is 8.29. The summed E-state index contributed by atoms with van der Waals surface area (Å²) in [6.07, 6.45) is 0. The molecule has 0 amide bonds. The molecule has 4 heteroatoms. The molecule has 17 heavy (non-hydrogen) atoms. The third-order valence-electron chi connectivity index (χ3n) is 2.31. The lowest BCUT2D eigenvalue weighted by molar-refractivity contribution is 0.340. The minimum Gasteiger partial charge on any atom is -0.494 e. The summed E-state index contributed by atoms with van der Waals surface area (Å²) < 4.78 is 5.38. The summed E-state index contributed by atoms with van der Waals surface area (Å²) in [6, 6.07) is 9.85. The van der Waals surface area contributed by atoms with Gasteiger partial charge in [-0.15, -0.1) is 11.3 Å². The van der Waals surface area contributed by atoms with Crippen molar-refractivity contribution in [3.8, 4) is 5.75 Å². The van der Waals surface area contributed by atoms with Crippen LogP contribution in [0.4, 0.5) is 5.69 Å². The van der Waals surface area contributed by atoms with Gasteiger partial charge in [0.25, 0.3) is 0 Å². The van der Waals surface area contributed by atoms with Gasteiger partial charge in [-0.3, -0.25) is 0 Å². The van der Waals surface area contributed by atoms with Crippen LogP contribution < -0.4 is 10.1 Å². The molecule has 0 fully saturated rings. The Balaban J connectivity index is 1.93. The predicted octanol–water partition coefficient (Wildman–Crippen LogP) is 4.41. The van der Waals surface area contributed by atoms with Crippen molar-refractivity contribution in [3.05, 3.63) is 45.6 Å². The largest absolute Gasteiger partial charge is 0.494 e. The zero-order valence-corrected chi connectivity index (χ0v) is 11.1. The van der Waals surface area contributed by atoms with E-state index < -0.39 is 0 Å². The Morgan fingerprint density at radius 2 is 2.00 bits per heavy atom. The highest BCUT2D eigenvalue weighted by Crippen LogP contribution is 2.23. The predicted molar refractivity (Wildman–Crippen MR) is 74.3 cm³/mol. The lowest BCUT2D eigenvalue weighted by Crippen LogP contribution is -1.98. The lowest BCUT2D eigenvalue weighted by Gasteiger charge is -2.07. The molecule has 1 heterocycles.